The summed E-state index contributed by atoms with van der Waals surface area (Å²) in [5.74, 6) is 0.677. The third-order valence-corrected chi connectivity index (χ3v) is 4.07. The van der Waals surface area contributed by atoms with E-state index in [0.29, 0.717) is 29.4 Å². The molecule has 3 aromatic rings. The standard InChI is InChI=1S/C23H24N4O4/c1-4-30-21-12-16(10-11-20(21)31-15(2)3)14-24-27-22(28)19-13-18(25-23(29)26-19)17-8-6-5-7-9-17/h5-15H,4H2,1-3H3,(H,27,28)(H,25,26,29)/b24-14+. The number of nitrogens with zero attached hydrogens (tertiary/aromatic N) is 2. The van der Waals surface area contributed by atoms with E-state index < -0.39 is 11.6 Å². The predicted molar refractivity (Wildman–Crippen MR) is 119 cm³/mol. The Hall–Kier alpha value is -3.94. The monoisotopic (exact) mass is 420 g/mol. The molecule has 0 aliphatic carbocycles. The van der Waals surface area contributed by atoms with Gasteiger partial charge in [0.25, 0.3) is 5.91 Å². The van der Waals surface area contributed by atoms with E-state index in [-0.39, 0.29) is 11.8 Å². The van der Waals surface area contributed by atoms with Crippen LogP contribution >= 0.6 is 0 Å². The van der Waals surface area contributed by atoms with Crippen LogP contribution in [0.4, 0.5) is 0 Å². The van der Waals surface area contributed by atoms with Crippen LogP contribution in [0.5, 0.6) is 11.5 Å². The van der Waals surface area contributed by atoms with E-state index in [4.69, 9.17) is 9.47 Å². The molecule has 0 saturated carbocycles. The highest BCUT2D eigenvalue weighted by Crippen LogP contribution is 2.29. The number of hydrazone groups is 1. The maximum absolute atomic E-state index is 12.4. The molecule has 0 aliphatic heterocycles. The van der Waals surface area contributed by atoms with E-state index in [0.717, 1.165) is 5.56 Å². The van der Waals surface area contributed by atoms with Gasteiger partial charge >= 0.3 is 5.69 Å². The number of benzene rings is 2. The summed E-state index contributed by atoms with van der Waals surface area (Å²) < 4.78 is 11.4. The van der Waals surface area contributed by atoms with Crippen LogP contribution in [-0.4, -0.2) is 34.8 Å². The van der Waals surface area contributed by atoms with Gasteiger partial charge in [-0.1, -0.05) is 30.3 Å². The zero-order valence-corrected chi connectivity index (χ0v) is 17.6. The number of nitrogens with one attached hydrogen (secondary N) is 2. The molecular formula is C23H24N4O4. The zero-order chi connectivity index (χ0) is 22.2. The van der Waals surface area contributed by atoms with Crippen LogP contribution in [0.2, 0.25) is 0 Å². The summed E-state index contributed by atoms with van der Waals surface area (Å²) >= 11 is 0. The van der Waals surface area contributed by atoms with Crippen molar-refractivity contribution in [1.82, 2.24) is 15.4 Å². The van der Waals surface area contributed by atoms with Crippen molar-refractivity contribution in [2.24, 2.45) is 5.10 Å². The lowest BCUT2D eigenvalue weighted by atomic mass is 10.1. The van der Waals surface area contributed by atoms with E-state index in [1.165, 1.54) is 12.3 Å². The molecule has 160 valence electrons. The van der Waals surface area contributed by atoms with E-state index in [1.807, 2.05) is 51.1 Å². The Kier molecular flexibility index (Phi) is 7.16. The minimum absolute atomic E-state index is 0.0151. The number of hydrogen-bond acceptors (Lipinski definition) is 6. The highest BCUT2D eigenvalue weighted by Gasteiger charge is 2.11. The maximum atomic E-state index is 12.4. The van der Waals surface area contributed by atoms with Crippen LogP contribution in [0, 0.1) is 0 Å². The average molecular weight is 420 g/mol. The maximum Gasteiger partial charge on any atom is 0.346 e. The molecule has 2 N–H and O–H groups in total. The van der Waals surface area contributed by atoms with Gasteiger partial charge in [-0.3, -0.25) is 4.79 Å². The fourth-order valence-corrected chi connectivity index (χ4v) is 2.79. The fourth-order valence-electron chi connectivity index (χ4n) is 2.79. The SMILES string of the molecule is CCOc1cc(/C=N/NC(=O)c2cc(-c3ccccc3)nc(=O)[nH]2)ccc1OC(C)C. The van der Waals surface area contributed by atoms with Crippen LogP contribution in [0.3, 0.4) is 0 Å². The second-order valence-electron chi connectivity index (χ2n) is 6.86. The average Bonchev–Trinajstić information content (AvgIpc) is 2.75. The normalized spacial score (nSPS) is 11.0. The lowest BCUT2D eigenvalue weighted by molar-refractivity contribution is 0.0949. The Morgan fingerprint density at radius 3 is 2.65 bits per heavy atom. The van der Waals surface area contributed by atoms with Crippen LogP contribution in [-0.2, 0) is 0 Å². The van der Waals surface area contributed by atoms with Gasteiger partial charge in [0.2, 0.25) is 0 Å². The van der Waals surface area contributed by atoms with Gasteiger partial charge in [-0.2, -0.15) is 10.1 Å². The minimum Gasteiger partial charge on any atom is -0.490 e. The number of carbonyl (C=O) groups excluding carboxylic acids is 1. The number of hydrogen-bond donors (Lipinski definition) is 2. The summed E-state index contributed by atoms with van der Waals surface area (Å²) in [5, 5.41) is 3.98. The molecule has 0 bridgehead atoms. The van der Waals surface area contributed by atoms with Crippen molar-refractivity contribution in [3.63, 3.8) is 0 Å². The lowest BCUT2D eigenvalue weighted by Gasteiger charge is -2.14. The van der Waals surface area contributed by atoms with Gasteiger partial charge < -0.3 is 14.5 Å². The van der Waals surface area contributed by atoms with Gasteiger partial charge in [-0.05, 0) is 50.6 Å². The molecule has 1 heterocycles. The zero-order valence-electron chi connectivity index (χ0n) is 17.6. The molecule has 0 spiro atoms. The predicted octanol–water partition coefficient (Wildman–Crippen LogP) is 3.39. The molecule has 2 aromatic carbocycles. The Morgan fingerprint density at radius 2 is 1.94 bits per heavy atom. The summed E-state index contributed by atoms with van der Waals surface area (Å²) in [6.45, 7) is 6.25. The van der Waals surface area contributed by atoms with Gasteiger partial charge in [0.05, 0.1) is 24.6 Å². The Labute approximate surface area is 180 Å². The molecular weight excluding hydrogens is 396 g/mol. The van der Waals surface area contributed by atoms with Crippen molar-refractivity contribution in [2.75, 3.05) is 6.61 Å². The van der Waals surface area contributed by atoms with Crippen molar-refractivity contribution >= 4 is 12.1 Å². The Morgan fingerprint density at radius 1 is 1.16 bits per heavy atom. The highest BCUT2D eigenvalue weighted by atomic mass is 16.5. The summed E-state index contributed by atoms with van der Waals surface area (Å²) in [6, 6.07) is 16.0. The van der Waals surface area contributed by atoms with Crippen LogP contribution in [0.15, 0.2) is 64.5 Å². The first kappa shape index (κ1) is 21.8. The van der Waals surface area contributed by atoms with Crippen molar-refractivity contribution in [1.29, 1.82) is 0 Å². The van der Waals surface area contributed by atoms with E-state index >= 15 is 0 Å². The van der Waals surface area contributed by atoms with Gasteiger partial charge in [-0.25, -0.2) is 10.2 Å². The molecule has 1 amide bonds. The number of carbonyl (C=O) groups is 1. The van der Waals surface area contributed by atoms with Crippen LogP contribution in [0.1, 0.15) is 36.8 Å². The third-order valence-electron chi connectivity index (χ3n) is 4.07. The smallest absolute Gasteiger partial charge is 0.346 e. The van der Waals surface area contributed by atoms with Crippen molar-refractivity contribution in [3.05, 3.63) is 76.3 Å². The van der Waals surface area contributed by atoms with Gasteiger partial charge in [-0.15, -0.1) is 0 Å². The Balaban J connectivity index is 1.74. The first-order valence-corrected chi connectivity index (χ1v) is 9.90. The van der Waals surface area contributed by atoms with Crippen molar-refractivity contribution in [3.8, 4) is 22.8 Å². The number of aromatic nitrogens is 2. The number of aromatic amines is 1. The molecule has 0 aliphatic rings. The molecule has 0 radical (unpaired) electrons. The van der Waals surface area contributed by atoms with Gasteiger partial charge in [0, 0.05) is 5.56 Å². The van der Waals surface area contributed by atoms with E-state index in [2.05, 4.69) is 20.5 Å². The quantitative estimate of drug-likeness (QED) is 0.429. The van der Waals surface area contributed by atoms with E-state index in [1.54, 1.807) is 18.2 Å². The molecule has 8 heteroatoms. The molecule has 1 aromatic heterocycles. The van der Waals surface area contributed by atoms with Crippen molar-refractivity contribution in [2.45, 2.75) is 26.9 Å². The molecule has 0 atom stereocenters. The van der Waals surface area contributed by atoms with Crippen molar-refractivity contribution < 1.29 is 14.3 Å². The minimum atomic E-state index is -0.613. The molecule has 31 heavy (non-hydrogen) atoms. The summed E-state index contributed by atoms with van der Waals surface area (Å²) in [5.41, 5.74) is 3.71. The largest absolute Gasteiger partial charge is 0.490 e. The topological polar surface area (TPSA) is 106 Å². The first-order valence-electron chi connectivity index (χ1n) is 9.90. The number of H-pyrrole nitrogens is 1. The summed E-state index contributed by atoms with van der Waals surface area (Å²) in [4.78, 5) is 30.7. The highest BCUT2D eigenvalue weighted by molar-refractivity contribution is 5.94. The second-order valence-corrected chi connectivity index (χ2v) is 6.86. The summed E-state index contributed by atoms with van der Waals surface area (Å²) in [6.07, 6.45) is 1.50. The fraction of sp³-hybridized carbons (Fsp3) is 0.217. The van der Waals surface area contributed by atoms with Crippen LogP contribution in [0.25, 0.3) is 11.3 Å². The molecule has 0 fully saturated rings. The molecule has 3 rings (SSSR count). The van der Waals surface area contributed by atoms with Gasteiger partial charge in [0.1, 0.15) is 5.69 Å². The molecule has 0 unspecified atom stereocenters. The van der Waals surface area contributed by atoms with E-state index in [9.17, 15) is 9.59 Å². The summed E-state index contributed by atoms with van der Waals surface area (Å²) in [7, 11) is 0. The molecule has 8 nitrogen and oxygen atoms in total. The first-order chi connectivity index (χ1) is 15.0. The number of amides is 1. The third kappa shape index (κ3) is 6.02. The number of rotatable bonds is 8. The lowest BCUT2D eigenvalue weighted by Crippen LogP contribution is -2.24. The number of ether oxygens (including phenoxy) is 2. The molecule has 0 saturated heterocycles. The Bertz CT molecular complexity index is 1120. The van der Waals surface area contributed by atoms with Gasteiger partial charge in [0.15, 0.2) is 11.5 Å². The van der Waals surface area contributed by atoms with Crippen LogP contribution < -0.4 is 20.6 Å². The second kappa shape index (κ2) is 10.2.